The third-order valence-electron chi connectivity index (χ3n) is 9.19. The number of carbonyl (C=O) groups excluding carboxylic acids is 4. The van der Waals surface area contributed by atoms with Gasteiger partial charge in [0, 0.05) is 65.4 Å². The van der Waals surface area contributed by atoms with Crippen LogP contribution in [0.25, 0.3) is 10.9 Å². The zero-order valence-electron chi connectivity index (χ0n) is 27.4. The summed E-state index contributed by atoms with van der Waals surface area (Å²) in [5.74, 6) is -0.0894. The van der Waals surface area contributed by atoms with E-state index in [9.17, 15) is 19.2 Å². The van der Waals surface area contributed by atoms with E-state index in [0.717, 1.165) is 32.1 Å². The van der Waals surface area contributed by atoms with E-state index in [1.54, 1.807) is 67.6 Å². The Labute approximate surface area is 272 Å². The molecule has 2 fully saturated rings. The molecule has 250 valence electrons. The number of benzene rings is 1. The second-order valence-corrected chi connectivity index (χ2v) is 11.9. The van der Waals surface area contributed by atoms with Gasteiger partial charge in [-0.1, -0.05) is 19.3 Å². The van der Waals surface area contributed by atoms with Crippen LogP contribution in [0.3, 0.4) is 0 Å². The van der Waals surface area contributed by atoms with Crippen molar-refractivity contribution < 1.29 is 28.7 Å². The molecule has 0 spiro atoms. The lowest BCUT2D eigenvalue weighted by Crippen LogP contribution is -2.59. The van der Waals surface area contributed by atoms with Gasteiger partial charge < -0.3 is 39.4 Å². The Bertz CT molecular complexity index is 1350. The Balaban J connectivity index is 0.00000552. The van der Waals surface area contributed by atoms with Crippen molar-refractivity contribution in [1.82, 2.24) is 29.9 Å². The van der Waals surface area contributed by atoms with E-state index in [0.29, 0.717) is 67.2 Å². The third kappa shape index (κ3) is 7.90. The van der Waals surface area contributed by atoms with Crippen molar-refractivity contribution in [3.05, 3.63) is 29.5 Å². The average molecular weight is 649 g/mol. The normalized spacial score (nSPS) is 16.9. The number of nitrogens with one attached hydrogen (secondary N) is 2. The van der Waals surface area contributed by atoms with Crippen LogP contribution in [0, 0.1) is 5.92 Å². The first-order chi connectivity index (χ1) is 21.1. The van der Waals surface area contributed by atoms with Gasteiger partial charge in [-0.15, -0.1) is 12.4 Å². The third-order valence-corrected chi connectivity index (χ3v) is 9.19. The number of hydrogen-bond acceptors (Lipinski definition) is 7. The number of likely N-dealkylation sites (N-methyl/N-ethyl adjacent to an activating group) is 2. The summed E-state index contributed by atoms with van der Waals surface area (Å²) in [4.78, 5) is 59.5. The fourth-order valence-electron chi connectivity index (χ4n) is 6.27. The number of aromatic nitrogens is 1. The van der Waals surface area contributed by atoms with Crippen molar-refractivity contribution >= 4 is 46.9 Å². The molecular formula is C32H49ClN6O6. The van der Waals surface area contributed by atoms with Crippen LogP contribution in [0.1, 0.15) is 59.9 Å². The van der Waals surface area contributed by atoms with E-state index < -0.39 is 12.1 Å². The molecule has 2 aromatic rings. The molecule has 1 aromatic carbocycles. The minimum absolute atomic E-state index is 0. The van der Waals surface area contributed by atoms with E-state index >= 15 is 0 Å². The molecule has 2 heterocycles. The van der Waals surface area contributed by atoms with Crippen molar-refractivity contribution in [3.63, 3.8) is 0 Å². The number of fused-ring (bicyclic) bond motifs is 1. The van der Waals surface area contributed by atoms with Crippen LogP contribution in [0.5, 0.6) is 5.75 Å². The van der Waals surface area contributed by atoms with Crippen LogP contribution in [-0.2, 0) is 21.4 Å². The van der Waals surface area contributed by atoms with Gasteiger partial charge in [0.1, 0.15) is 17.5 Å². The van der Waals surface area contributed by atoms with Gasteiger partial charge in [0.05, 0.1) is 30.8 Å². The lowest BCUT2D eigenvalue weighted by Gasteiger charge is -2.39. The molecular weight excluding hydrogens is 600 g/mol. The van der Waals surface area contributed by atoms with Crippen LogP contribution in [0.4, 0.5) is 0 Å². The Morgan fingerprint density at radius 3 is 2.27 bits per heavy atom. The summed E-state index contributed by atoms with van der Waals surface area (Å²) in [5.41, 5.74) is 1.36. The fourth-order valence-corrected chi connectivity index (χ4v) is 6.27. The van der Waals surface area contributed by atoms with Crippen LogP contribution in [0.2, 0.25) is 0 Å². The number of rotatable bonds is 11. The summed E-state index contributed by atoms with van der Waals surface area (Å²) in [7, 11) is 8.36. The standard InChI is InChI=1S/C32H48N6O6.ClH/c1-21(33-2)29(39)34-27(22-10-8-7-9-11-22)31(41)37-14-16-38(17-15-37)32(42)28-26(30(40)35(3)18-19-43-5)24-13-12-23(44-6)20-25(24)36(28)4;/h12-13,20-22,27,33H,7-11,14-19H2,1-6H3,(H,34,39);1H/t21-,27-;/m0./s1. The van der Waals surface area contributed by atoms with Crippen LogP contribution in [0.15, 0.2) is 18.2 Å². The summed E-state index contributed by atoms with van der Waals surface area (Å²) in [5, 5.41) is 6.65. The molecule has 1 saturated heterocycles. The maximum atomic E-state index is 14.1. The summed E-state index contributed by atoms with van der Waals surface area (Å²) in [6.45, 7) is 3.86. The summed E-state index contributed by atoms with van der Waals surface area (Å²) in [6.07, 6.45) is 5.06. The molecule has 13 heteroatoms. The lowest BCUT2D eigenvalue weighted by molar-refractivity contribution is -0.140. The summed E-state index contributed by atoms with van der Waals surface area (Å²) >= 11 is 0. The first-order valence-electron chi connectivity index (χ1n) is 15.6. The predicted molar refractivity (Wildman–Crippen MR) is 175 cm³/mol. The number of hydrogen-bond donors (Lipinski definition) is 2. The highest BCUT2D eigenvalue weighted by molar-refractivity contribution is 6.16. The quantitative estimate of drug-likeness (QED) is 0.383. The molecule has 2 N–H and O–H groups in total. The second kappa shape index (κ2) is 16.3. The van der Waals surface area contributed by atoms with E-state index in [-0.39, 0.29) is 42.0 Å². The Morgan fingerprint density at radius 1 is 1.02 bits per heavy atom. The van der Waals surface area contributed by atoms with Gasteiger partial charge in [-0.05, 0) is 44.9 Å². The number of nitrogens with zero attached hydrogens (tertiary/aromatic N) is 4. The molecule has 4 amide bonds. The van der Waals surface area contributed by atoms with E-state index in [1.165, 1.54) is 0 Å². The summed E-state index contributed by atoms with van der Waals surface area (Å²) in [6, 6.07) is 4.43. The van der Waals surface area contributed by atoms with Gasteiger partial charge in [-0.3, -0.25) is 19.2 Å². The van der Waals surface area contributed by atoms with Crippen molar-refractivity contribution in [2.75, 3.05) is 67.6 Å². The van der Waals surface area contributed by atoms with Crippen LogP contribution < -0.4 is 15.4 Å². The fraction of sp³-hybridized carbons (Fsp3) is 0.625. The van der Waals surface area contributed by atoms with Gasteiger partial charge in [0.2, 0.25) is 11.8 Å². The maximum Gasteiger partial charge on any atom is 0.271 e. The molecule has 1 aliphatic heterocycles. The first kappa shape index (κ1) is 36.1. The lowest BCUT2D eigenvalue weighted by atomic mass is 9.83. The summed E-state index contributed by atoms with van der Waals surface area (Å²) < 4.78 is 12.3. The number of aryl methyl sites for hydroxylation is 1. The van der Waals surface area contributed by atoms with Crippen molar-refractivity contribution in [2.45, 2.75) is 51.1 Å². The topological polar surface area (TPSA) is 125 Å². The average Bonchev–Trinajstić information content (AvgIpc) is 3.35. The van der Waals surface area contributed by atoms with Crippen molar-refractivity contribution in [2.24, 2.45) is 13.0 Å². The maximum absolute atomic E-state index is 14.1. The molecule has 1 aliphatic carbocycles. The van der Waals surface area contributed by atoms with Gasteiger partial charge in [0.25, 0.3) is 11.8 Å². The molecule has 12 nitrogen and oxygen atoms in total. The smallest absolute Gasteiger partial charge is 0.271 e. The molecule has 0 radical (unpaired) electrons. The van der Waals surface area contributed by atoms with E-state index in [1.807, 2.05) is 12.1 Å². The number of piperazine rings is 1. The molecule has 1 saturated carbocycles. The molecule has 2 atom stereocenters. The van der Waals surface area contributed by atoms with Crippen LogP contribution >= 0.6 is 12.4 Å². The SMILES string of the molecule is CN[C@@H](C)C(=O)N[C@H](C(=O)N1CCN(C(=O)c2c(C(=O)N(C)CCOC)c3ccc(OC)cc3n2C)CC1)C1CCCCC1.Cl. The molecule has 4 rings (SSSR count). The number of carbonyl (C=O) groups is 4. The zero-order chi connectivity index (χ0) is 32.0. The highest BCUT2D eigenvalue weighted by Crippen LogP contribution is 2.31. The second-order valence-electron chi connectivity index (χ2n) is 11.9. The zero-order valence-corrected chi connectivity index (χ0v) is 28.2. The molecule has 45 heavy (non-hydrogen) atoms. The predicted octanol–water partition coefficient (Wildman–Crippen LogP) is 2.28. The molecule has 2 aliphatic rings. The van der Waals surface area contributed by atoms with Crippen molar-refractivity contribution in [3.8, 4) is 5.75 Å². The van der Waals surface area contributed by atoms with E-state index in [4.69, 9.17) is 9.47 Å². The number of methoxy groups -OCH3 is 2. The monoisotopic (exact) mass is 648 g/mol. The molecule has 1 aromatic heterocycles. The van der Waals surface area contributed by atoms with Gasteiger partial charge in [-0.2, -0.15) is 0 Å². The Kier molecular flexibility index (Phi) is 13.1. The van der Waals surface area contributed by atoms with Crippen molar-refractivity contribution in [1.29, 1.82) is 0 Å². The molecule has 0 unspecified atom stereocenters. The number of ether oxygens (including phenoxy) is 2. The van der Waals surface area contributed by atoms with Gasteiger partial charge >= 0.3 is 0 Å². The van der Waals surface area contributed by atoms with Gasteiger partial charge in [-0.25, -0.2) is 0 Å². The molecule has 0 bridgehead atoms. The number of halogens is 1. The van der Waals surface area contributed by atoms with Crippen LogP contribution in [-0.4, -0.2) is 123 Å². The largest absolute Gasteiger partial charge is 0.497 e. The van der Waals surface area contributed by atoms with E-state index in [2.05, 4.69) is 10.6 Å². The minimum Gasteiger partial charge on any atom is -0.497 e. The first-order valence-corrected chi connectivity index (χ1v) is 15.6. The Morgan fingerprint density at radius 2 is 1.67 bits per heavy atom. The highest BCUT2D eigenvalue weighted by Gasteiger charge is 2.37. The number of amides is 4. The van der Waals surface area contributed by atoms with Gasteiger partial charge in [0.15, 0.2) is 0 Å². The Hall–Kier alpha value is -3.35. The minimum atomic E-state index is -0.583. The highest BCUT2D eigenvalue weighted by atomic mass is 35.5.